The van der Waals surface area contributed by atoms with Crippen molar-refractivity contribution in [1.82, 2.24) is 9.97 Å². The van der Waals surface area contributed by atoms with Crippen molar-refractivity contribution < 1.29 is 14.2 Å². The molecule has 6 nitrogen and oxygen atoms in total. The highest BCUT2D eigenvalue weighted by atomic mass is 16.6. The molecular formula is C19H23N3O3. The van der Waals surface area contributed by atoms with Crippen LogP contribution in [-0.4, -0.2) is 56.1 Å². The minimum Gasteiger partial charge on any atom is -0.378 e. The van der Waals surface area contributed by atoms with E-state index in [1.54, 1.807) is 0 Å². The van der Waals surface area contributed by atoms with Gasteiger partial charge in [0.2, 0.25) is 0 Å². The monoisotopic (exact) mass is 341 g/mol. The van der Waals surface area contributed by atoms with Gasteiger partial charge in [0, 0.05) is 30.5 Å². The fourth-order valence-corrected chi connectivity index (χ4v) is 3.26. The lowest BCUT2D eigenvalue weighted by Gasteiger charge is -2.30. The Labute approximate surface area is 147 Å². The molecule has 2 fully saturated rings. The Bertz CT molecular complexity index is 689. The van der Waals surface area contributed by atoms with Crippen LogP contribution >= 0.6 is 0 Å². The van der Waals surface area contributed by atoms with Crippen LogP contribution < -0.4 is 4.90 Å². The third-order valence-electron chi connectivity index (χ3n) is 4.63. The molecule has 0 radical (unpaired) electrons. The van der Waals surface area contributed by atoms with Gasteiger partial charge in [-0.1, -0.05) is 6.07 Å². The number of nitrogens with zero attached hydrogens (tertiary/aromatic N) is 3. The van der Waals surface area contributed by atoms with Gasteiger partial charge in [0.25, 0.3) is 0 Å². The summed E-state index contributed by atoms with van der Waals surface area (Å²) in [6.45, 7) is 7.00. The lowest BCUT2D eigenvalue weighted by Crippen LogP contribution is -2.37. The molecule has 25 heavy (non-hydrogen) atoms. The predicted molar refractivity (Wildman–Crippen MR) is 94.7 cm³/mol. The van der Waals surface area contributed by atoms with Crippen LogP contribution in [0.4, 0.5) is 5.82 Å². The van der Waals surface area contributed by atoms with Gasteiger partial charge in [0.1, 0.15) is 11.9 Å². The van der Waals surface area contributed by atoms with Crippen molar-refractivity contribution in [2.45, 2.75) is 13.0 Å². The van der Waals surface area contributed by atoms with E-state index in [1.807, 2.05) is 19.2 Å². The van der Waals surface area contributed by atoms with Crippen LogP contribution in [0.15, 0.2) is 30.5 Å². The average Bonchev–Trinajstić information content (AvgIpc) is 2.69. The van der Waals surface area contributed by atoms with E-state index in [2.05, 4.69) is 28.1 Å². The smallest absolute Gasteiger partial charge is 0.129 e. The molecule has 2 aliphatic rings. The third kappa shape index (κ3) is 3.66. The number of ether oxygens (including phenoxy) is 3. The van der Waals surface area contributed by atoms with E-state index in [9.17, 15) is 0 Å². The summed E-state index contributed by atoms with van der Waals surface area (Å²) in [5, 5.41) is 0. The molecule has 4 rings (SSSR count). The zero-order chi connectivity index (χ0) is 17.1. The Morgan fingerprint density at radius 1 is 1.08 bits per heavy atom. The van der Waals surface area contributed by atoms with Crippen LogP contribution in [0.3, 0.4) is 0 Å². The van der Waals surface area contributed by atoms with Crippen LogP contribution in [0, 0.1) is 6.92 Å². The van der Waals surface area contributed by atoms with Gasteiger partial charge in [-0.3, -0.25) is 4.98 Å². The number of hydrogen-bond acceptors (Lipinski definition) is 6. The van der Waals surface area contributed by atoms with Crippen molar-refractivity contribution in [3.63, 3.8) is 0 Å². The van der Waals surface area contributed by atoms with Gasteiger partial charge in [-0.15, -0.1) is 0 Å². The first-order chi connectivity index (χ1) is 12.3. The molecular weight excluding hydrogens is 318 g/mol. The van der Waals surface area contributed by atoms with Gasteiger partial charge in [0.05, 0.1) is 38.7 Å². The third-order valence-corrected chi connectivity index (χ3v) is 4.63. The highest BCUT2D eigenvalue weighted by molar-refractivity contribution is 5.69. The summed E-state index contributed by atoms with van der Waals surface area (Å²) in [4.78, 5) is 11.6. The lowest BCUT2D eigenvalue weighted by molar-refractivity contribution is -0.0917. The molecule has 2 aromatic heterocycles. The van der Waals surface area contributed by atoms with E-state index in [0.29, 0.717) is 19.8 Å². The lowest BCUT2D eigenvalue weighted by atomic mass is 10.0. The number of morpholine rings is 1. The minimum atomic E-state index is -0.120. The molecule has 4 heterocycles. The summed E-state index contributed by atoms with van der Waals surface area (Å²) < 4.78 is 16.9. The maximum atomic E-state index is 5.88. The predicted octanol–water partition coefficient (Wildman–Crippen LogP) is 2.38. The highest BCUT2D eigenvalue weighted by Gasteiger charge is 2.22. The molecule has 0 amide bonds. The standard InChI is InChI=1S/C19H23N3O3/c1-14-16(3-2-4-20-14)15-11-17(18-13-24-9-10-25-18)21-19(12-15)22-5-7-23-8-6-22/h2-4,11-12,18H,5-10,13H2,1H3. The molecule has 0 N–H and O–H groups in total. The summed E-state index contributed by atoms with van der Waals surface area (Å²) in [6, 6.07) is 8.32. The molecule has 2 saturated heterocycles. The van der Waals surface area contributed by atoms with Crippen LogP contribution in [0.25, 0.3) is 11.1 Å². The SMILES string of the molecule is Cc1ncccc1-c1cc(C2COCCO2)nc(N2CCOCC2)c1. The van der Waals surface area contributed by atoms with Gasteiger partial charge in [-0.05, 0) is 30.7 Å². The molecule has 1 atom stereocenters. The second kappa shape index (κ2) is 7.47. The molecule has 2 aliphatic heterocycles. The number of rotatable bonds is 3. The number of anilines is 1. The molecule has 132 valence electrons. The Morgan fingerprint density at radius 2 is 1.96 bits per heavy atom. The van der Waals surface area contributed by atoms with E-state index in [-0.39, 0.29) is 6.10 Å². The summed E-state index contributed by atoms with van der Waals surface area (Å²) in [5.74, 6) is 0.966. The van der Waals surface area contributed by atoms with Gasteiger partial charge >= 0.3 is 0 Å². The normalized spacial score (nSPS) is 21.3. The molecule has 0 aromatic carbocycles. The maximum Gasteiger partial charge on any atom is 0.129 e. The number of hydrogen-bond donors (Lipinski definition) is 0. The minimum absolute atomic E-state index is 0.120. The van der Waals surface area contributed by atoms with E-state index >= 15 is 0 Å². The van der Waals surface area contributed by atoms with Gasteiger partial charge < -0.3 is 19.1 Å². The quantitative estimate of drug-likeness (QED) is 0.854. The first kappa shape index (κ1) is 16.4. The zero-order valence-corrected chi connectivity index (χ0v) is 14.5. The molecule has 2 aromatic rings. The van der Waals surface area contributed by atoms with Crippen molar-refractivity contribution in [1.29, 1.82) is 0 Å². The fraction of sp³-hybridized carbons (Fsp3) is 0.474. The summed E-state index contributed by atoms with van der Waals surface area (Å²) in [6.07, 6.45) is 1.70. The Balaban J connectivity index is 1.75. The van der Waals surface area contributed by atoms with Crippen molar-refractivity contribution in [3.05, 3.63) is 41.9 Å². The van der Waals surface area contributed by atoms with Crippen molar-refractivity contribution in [2.75, 3.05) is 51.0 Å². The van der Waals surface area contributed by atoms with Gasteiger partial charge in [-0.2, -0.15) is 0 Å². The summed E-state index contributed by atoms with van der Waals surface area (Å²) >= 11 is 0. The highest BCUT2D eigenvalue weighted by Crippen LogP contribution is 2.30. The zero-order valence-electron chi connectivity index (χ0n) is 14.5. The summed E-state index contributed by atoms with van der Waals surface area (Å²) in [5.41, 5.74) is 4.17. The Morgan fingerprint density at radius 3 is 2.72 bits per heavy atom. The van der Waals surface area contributed by atoms with E-state index in [4.69, 9.17) is 19.2 Å². The molecule has 0 bridgehead atoms. The number of aryl methyl sites for hydroxylation is 1. The maximum absolute atomic E-state index is 5.88. The van der Waals surface area contributed by atoms with E-state index in [1.165, 1.54) is 0 Å². The number of pyridine rings is 2. The number of aromatic nitrogens is 2. The molecule has 0 saturated carbocycles. The topological polar surface area (TPSA) is 56.7 Å². The molecule has 0 aliphatic carbocycles. The van der Waals surface area contributed by atoms with E-state index < -0.39 is 0 Å². The molecule has 0 spiro atoms. The largest absolute Gasteiger partial charge is 0.378 e. The second-order valence-electron chi connectivity index (χ2n) is 6.31. The van der Waals surface area contributed by atoms with Crippen LogP contribution in [-0.2, 0) is 14.2 Å². The van der Waals surface area contributed by atoms with Gasteiger partial charge in [0.15, 0.2) is 0 Å². The second-order valence-corrected chi connectivity index (χ2v) is 6.31. The van der Waals surface area contributed by atoms with Crippen LogP contribution in [0.2, 0.25) is 0 Å². The van der Waals surface area contributed by atoms with Crippen molar-refractivity contribution in [3.8, 4) is 11.1 Å². The van der Waals surface area contributed by atoms with Gasteiger partial charge in [-0.25, -0.2) is 4.98 Å². The Kier molecular flexibility index (Phi) is 4.92. The van der Waals surface area contributed by atoms with Crippen molar-refractivity contribution >= 4 is 5.82 Å². The van der Waals surface area contributed by atoms with Crippen LogP contribution in [0.1, 0.15) is 17.5 Å². The Hall–Kier alpha value is -2.02. The van der Waals surface area contributed by atoms with E-state index in [0.717, 1.165) is 54.6 Å². The average molecular weight is 341 g/mol. The molecule has 6 heteroatoms. The summed E-state index contributed by atoms with van der Waals surface area (Å²) in [7, 11) is 0. The first-order valence-corrected chi connectivity index (χ1v) is 8.77. The van der Waals surface area contributed by atoms with Crippen LogP contribution in [0.5, 0.6) is 0 Å². The first-order valence-electron chi connectivity index (χ1n) is 8.77. The molecule has 1 unspecified atom stereocenters. The fourth-order valence-electron chi connectivity index (χ4n) is 3.26. The van der Waals surface area contributed by atoms with Crippen molar-refractivity contribution in [2.24, 2.45) is 0 Å².